The summed E-state index contributed by atoms with van der Waals surface area (Å²) in [6, 6.07) is 14.0. The quantitative estimate of drug-likeness (QED) is 0.885. The van der Waals surface area contributed by atoms with Crippen molar-refractivity contribution in [3.8, 4) is 0 Å². The van der Waals surface area contributed by atoms with E-state index in [1.54, 1.807) is 62.6 Å². The third-order valence-electron chi connectivity index (χ3n) is 3.14. The van der Waals surface area contributed by atoms with Crippen molar-refractivity contribution < 1.29 is 9.59 Å². The minimum absolute atomic E-state index is 0.0620. The fourth-order valence-corrected chi connectivity index (χ4v) is 2.11. The Labute approximate surface area is 140 Å². The van der Waals surface area contributed by atoms with Gasteiger partial charge in [-0.2, -0.15) is 0 Å². The van der Waals surface area contributed by atoms with E-state index >= 15 is 0 Å². The largest absolute Gasteiger partial charge is 0.376 e. The second-order valence-electron chi connectivity index (χ2n) is 5.16. The van der Waals surface area contributed by atoms with Crippen LogP contribution in [0.15, 0.2) is 48.5 Å². The maximum Gasteiger partial charge on any atom is 0.253 e. The third kappa shape index (κ3) is 4.72. The van der Waals surface area contributed by atoms with Gasteiger partial charge in [0, 0.05) is 25.3 Å². The summed E-state index contributed by atoms with van der Waals surface area (Å²) in [5.74, 6) is -0.264. The Morgan fingerprint density at radius 2 is 1.70 bits per heavy atom. The molecule has 120 valence electrons. The minimum Gasteiger partial charge on any atom is -0.376 e. The average Bonchev–Trinajstić information content (AvgIpc) is 2.55. The number of hydrogen-bond acceptors (Lipinski definition) is 3. The van der Waals surface area contributed by atoms with Gasteiger partial charge in [0.25, 0.3) is 5.91 Å². The molecule has 0 aliphatic carbocycles. The topological polar surface area (TPSA) is 61.4 Å². The molecular formula is C17H18ClN3O2. The lowest BCUT2D eigenvalue weighted by Crippen LogP contribution is -2.22. The van der Waals surface area contributed by atoms with E-state index in [-0.39, 0.29) is 18.4 Å². The van der Waals surface area contributed by atoms with E-state index in [1.807, 2.05) is 0 Å². The molecule has 6 heteroatoms. The maximum absolute atomic E-state index is 11.9. The number of para-hydroxylation sites is 1. The van der Waals surface area contributed by atoms with E-state index in [0.29, 0.717) is 16.3 Å². The number of nitrogens with one attached hydrogen (secondary N) is 2. The molecule has 0 fully saturated rings. The molecule has 0 heterocycles. The number of hydrogen-bond donors (Lipinski definition) is 2. The Bertz CT molecular complexity index is 699. The van der Waals surface area contributed by atoms with Gasteiger partial charge in [-0.1, -0.05) is 23.7 Å². The Morgan fingerprint density at radius 3 is 2.30 bits per heavy atom. The Balaban J connectivity index is 1.89. The number of carbonyl (C=O) groups is 2. The number of nitrogens with zero attached hydrogens (tertiary/aromatic N) is 1. The highest BCUT2D eigenvalue weighted by molar-refractivity contribution is 6.33. The van der Waals surface area contributed by atoms with Crippen LogP contribution in [-0.2, 0) is 4.79 Å². The van der Waals surface area contributed by atoms with Gasteiger partial charge in [-0.25, -0.2) is 0 Å². The van der Waals surface area contributed by atoms with Gasteiger partial charge in [-0.15, -0.1) is 0 Å². The Morgan fingerprint density at radius 1 is 1.04 bits per heavy atom. The first-order valence-electron chi connectivity index (χ1n) is 7.07. The second kappa shape index (κ2) is 7.65. The highest BCUT2D eigenvalue weighted by atomic mass is 35.5. The molecule has 0 aliphatic heterocycles. The zero-order valence-electron chi connectivity index (χ0n) is 13.0. The lowest BCUT2D eigenvalue weighted by molar-refractivity contribution is -0.114. The Hall–Kier alpha value is -2.53. The van der Waals surface area contributed by atoms with Crippen LogP contribution in [-0.4, -0.2) is 37.4 Å². The molecule has 0 radical (unpaired) electrons. The van der Waals surface area contributed by atoms with Crippen molar-refractivity contribution in [3.63, 3.8) is 0 Å². The van der Waals surface area contributed by atoms with Crippen molar-refractivity contribution >= 4 is 34.8 Å². The van der Waals surface area contributed by atoms with Crippen LogP contribution in [0.2, 0.25) is 5.02 Å². The molecule has 0 saturated heterocycles. The van der Waals surface area contributed by atoms with Crippen LogP contribution >= 0.6 is 11.6 Å². The fourth-order valence-electron chi connectivity index (χ4n) is 1.93. The van der Waals surface area contributed by atoms with Crippen molar-refractivity contribution in [2.24, 2.45) is 0 Å². The van der Waals surface area contributed by atoms with Crippen LogP contribution in [0.5, 0.6) is 0 Å². The molecular weight excluding hydrogens is 314 g/mol. The van der Waals surface area contributed by atoms with Crippen LogP contribution < -0.4 is 10.6 Å². The molecule has 2 rings (SSSR count). The van der Waals surface area contributed by atoms with Crippen LogP contribution in [0.1, 0.15) is 10.4 Å². The number of amides is 2. The first kappa shape index (κ1) is 16.8. The summed E-state index contributed by atoms with van der Waals surface area (Å²) < 4.78 is 0. The van der Waals surface area contributed by atoms with Crippen molar-refractivity contribution in [2.45, 2.75) is 0 Å². The number of rotatable bonds is 5. The number of halogens is 1. The van der Waals surface area contributed by atoms with Gasteiger partial charge in [0.1, 0.15) is 0 Å². The predicted octanol–water partition coefficient (Wildman–Crippen LogP) is 3.09. The molecule has 0 bridgehead atoms. The van der Waals surface area contributed by atoms with Gasteiger partial charge in [0.2, 0.25) is 5.91 Å². The molecule has 2 N–H and O–H groups in total. The Kier molecular flexibility index (Phi) is 5.60. The highest BCUT2D eigenvalue weighted by Gasteiger charge is 2.08. The summed E-state index contributed by atoms with van der Waals surface area (Å²) in [6.45, 7) is 0.103. The van der Waals surface area contributed by atoms with E-state index in [9.17, 15) is 9.59 Å². The summed E-state index contributed by atoms with van der Waals surface area (Å²) in [5.41, 5.74) is 1.93. The molecule has 23 heavy (non-hydrogen) atoms. The molecule has 0 aliphatic rings. The molecule has 5 nitrogen and oxygen atoms in total. The molecule has 0 aromatic heterocycles. The van der Waals surface area contributed by atoms with Gasteiger partial charge in [0.15, 0.2) is 0 Å². The predicted molar refractivity (Wildman–Crippen MR) is 93.0 cm³/mol. The standard InChI is InChI=1S/C17H18ClN3O2/c1-21(2)17(23)12-7-9-13(10-8-12)19-11-16(22)20-15-6-4-3-5-14(15)18/h3-10,19H,11H2,1-2H3,(H,20,22). The van der Waals surface area contributed by atoms with Crippen LogP contribution in [0, 0.1) is 0 Å². The van der Waals surface area contributed by atoms with Gasteiger partial charge in [-0.3, -0.25) is 9.59 Å². The van der Waals surface area contributed by atoms with Gasteiger partial charge < -0.3 is 15.5 Å². The molecule has 2 aromatic carbocycles. The van der Waals surface area contributed by atoms with Gasteiger partial charge in [0.05, 0.1) is 17.3 Å². The zero-order chi connectivity index (χ0) is 16.8. The summed E-state index contributed by atoms with van der Waals surface area (Å²) in [5, 5.41) is 6.22. The highest BCUT2D eigenvalue weighted by Crippen LogP contribution is 2.20. The van der Waals surface area contributed by atoms with Gasteiger partial charge in [-0.05, 0) is 36.4 Å². The SMILES string of the molecule is CN(C)C(=O)c1ccc(NCC(=O)Nc2ccccc2Cl)cc1. The van der Waals surface area contributed by atoms with E-state index in [4.69, 9.17) is 11.6 Å². The summed E-state index contributed by atoms with van der Waals surface area (Å²) in [6.07, 6.45) is 0. The second-order valence-corrected chi connectivity index (χ2v) is 5.57. The van der Waals surface area contributed by atoms with Crippen molar-refractivity contribution in [2.75, 3.05) is 31.3 Å². The third-order valence-corrected chi connectivity index (χ3v) is 3.47. The summed E-state index contributed by atoms with van der Waals surface area (Å²) in [7, 11) is 3.40. The van der Waals surface area contributed by atoms with Crippen molar-refractivity contribution in [3.05, 3.63) is 59.1 Å². The number of benzene rings is 2. The number of carbonyl (C=O) groups excluding carboxylic acids is 2. The molecule has 0 atom stereocenters. The lowest BCUT2D eigenvalue weighted by Gasteiger charge is -2.11. The fraction of sp³-hybridized carbons (Fsp3) is 0.176. The van der Waals surface area contributed by atoms with Crippen LogP contribution in [0.25, 0.3) is 0 Å². The molecule has 2 amide bonds. The first-order valence-corrected chi connectivity index (χ1v) is 7.45. The number of anilines is 2. The monoisotopic (exact) mass is 331 g/mol. The van der Waals surface area contributed by atoms with Crippen LogP contribution in [0.4, 0.5) is 11.4 Å². The molecule has 0 unspecified atom stereocenters. The molecule has 0 saturated carbocycles. The molecule has 0 spiro atoms. The van der Waals surface area contributed by atoms with E-state index in [2.05, 4.69) is 10.6 Å². The van der Waals surface area contributed by atoms with E-state index in [0.717, 1.165) is 5.69 Å². The summed E-state index contributed by atoms with van der Waals surface area (Å²) >= 11 is 5.99. The zero-order valence-corrected chi connectivity index (χ0v) is 13.7. The average molecular weight is 332 g/mol. The van der Waals surface area contributed by atoms with Gasteiger partial charge >= 0.3 is 0 Å². The maximum atomic E-state index is 11.9. The first-order chi connectivity index (χ1) is 11.0. The molecule has 2 aromatic rings. The minimum atomic E-state index is -0.202. The summed E-state index contributed by atoms with van der Waals surface area (Å²) in [4.78, 5) is 25.2. The van der Waals surface area contributed by atoms with E-state index in [1.165, 1.54) is 4.90 Å². The van der Waals surface area contributed by atoms with Crippen LogP contribution in [0.3, 0.4) is 0 Å². The lowest BCUT2D eigenvalue weighted by atomic mass is 10.2. The van der Waals surface area contributed by atoms with Crippen molar-refractivity contribution in [1.29, 1.82) is 0 Å². The van der Waals surface area contributed by atoms with E-state index < -0.39 is 0 Å². The van der Waals surface area contributed by atoms with Crippen molar-refractivity contribution in [1.82, 2.24) is 4.90 Å². The normalized spacial score (nSPS) is 10.0. The smallest absolute Gasteiger partial charge is 0.253 e.